The largest absolute Gasteiger partial charge is 0.389 e. The van der Waals surface area contributed by atoms with Crippen LogP contribution >= 0.6 is 0 Å². The molecule has 0 spiro atoms. The number of aliphatic hydroxyl groups excluding tert-OH is 1. The second kappa shape index (κ2) is 7.75. The Hall–Kier alpha value is -0.300. The van der Waals surface area contributed by atoms with E-state index in [9.17, 15) is 5.11 Å². The fourth-order valence-electron chi connectivity index (χ4n) is 8.73. The third kappa shape index (κ3) is 3.42. The topological polar surface area (TPSA) is 20.2 Å². The molecule has 0 amide bonds. The van der Waals surface area contributed by atoms with Crippen LogP contribution in [0.1, 0.15) is 105 Å². The standard InChI is InChI=1S/C27H46O/c1-18(2)7-6-8-19(3)23-11-12-24-22-10-9-20-17-21(28)13-15-26(20,4)25(22)14-16-27(23,24)5/h17-19,21-25,28H,6-16H2,1-5H3/t19?,21?,22?,23-,24?,25?,26+,27-/m1/s1. The normalized spacial score (nSPS) is 46.5. The number of aliphatic hydroxyl groups is 1. The first-order valence-corrected chi connectivity index (χ1v) is 12.6. The van der Waals surface area contributed by atoms with E-state index in [0.717, 1.165) is 41.9 Å². The summed E-state index contributed by atoms with van der Waals surface area (Å²) in [5, 5.41) is 10.2. The van der Waals surface area contributed by atoms with Gasteiger partial charge in [-0.3, -0.25) is 0 Å². The molecule has 4 aliphatic rings. The van der Waals surface area contributed by atoms with Gasteiger partial charge in [-0.1, -0.05) is 65.5 Å². The lowest BCUT2D eigenvalue weighted by atomic mass is 9.46. The van der Waals surface area contributed by atoms with Crippen LogP contribution in [0.2, 0.25) is 0 Å². The van der Waals surface area contributed by atoms with Crippen molar-refractivity contribution in [1.82, 2.24) is 0 Å². The van der Waals surface area contributed by atoms with Crippen molar-refractivity contribution < 1.29 is 5.11 Å². The Morgan fingerprint density at radius 3 is 2.50 bits per heavy atom. The molecule has 4 rings (SSSR count). The smallest absolute Gasteiger partial charge is 0.0724 e. The quantitative estimate of drug-likeness (QED) is 0.488. The van der Waals surface area contributed by atoms with Crippen molar-refractivity contribution in [2.45, 2.75) is 111 Å². The number of rotatable bonds is 5. The SMILES string of the molecule is CC(C)CCCC(C)[C@H]1CCC2C3CCC4=CC(O)CC[C@]4(C)C3CC[C@@]21C. The molecule has 3 fully saturated rings. The summed E-state index contributed by atoms with van der Waals surface area (Å²) in [6.45, 7) is 12.6. The van der Waals surface area contributed by atoms with Gasteiger partial charge in [-0.15, -0.1) is 0 Å². The third-order valence-corrected chi connectivity index (χ3v) is 10.3. The molecule has 1 nitrogen and oxygen atoms in total. The highest BCUT2D eigenvalue weighted by atomic mass is 16.3. The van der Waals surface area contributed by atoms with Crippen molar-refractivity contribution in [2.24, 2.45) is 46.3 Å². The highest BCUT2D eigenvalue weighted by Crippen LogP contribution is 2.67. The van der Waals surface area contributed by atoms with Crippen molar-refractivity contribution in [3.05, 3.63) is 11.6 Å². The van der Waals surface area contributed by atoms with Crippen LogP contribution in [-0.2, 0) is 0 Å². The Kier molecular flexibility index (Phi) is 5.80. The minimum absolute atomic E-state index is 0.170. The Morgan fingerprint density at radius 2 is 1.75 bits per heavy atom. The molecule has 0 aromatic rings. The van der Waals surface area contributed by atoms with E-state index in [-0.39, 0.29) is 6.10 Å². The summed E-state index contributed by atoms with van der Waals surface area (Å²) in [5.41, 5.74) is 2.61. The lowest BCUT2D eigenvalue weighted by Gasteiger charge is -2.59. The van der Waals surface area contributed by atoms with Crippen LogP contribution in [-0.4, -0.2) is 11.2 Å². The molecular weight excluding hydrogens is 340 g/mol. The van der Waals surface area contributed by atoms with Crippen LogP contribution in [0.4, 0.5) is 0 Å². The van der Waals surface area contributed by atoms with E-state index in [2.05, 4.69) is 40.7 Å². The van der Waals surface area contributed by atoms with Crippen molar-refractivity contribution >= 4 is 0 Å². The molecule has 3 saturated carbocycles. The maximum atomic E-state index is 10.2. The average molecular weight is 387 g/mol. The van der Waals surface area contributed by atoms with Crippen LogP contribution in [0.3, 0.4) is 0 Å². The fraction of sp³-hybridized carbons (Fsp3) is 0.926. The molecule has 0 aliphatic heterocycles. The maximum absolute atomic E-state index is 10.2. The molecule has 0 aromatic heterocycles. The molecule has 8 atom stereocenters. The molecular formula is C27H46O. The molecule has 160 valence electrons. The van der Waals surface area contributed by atoms with Crippen molar-refractivity contribution in [3.63, 3.8) is 0 Å². The number of hydrogen-bond acceptors (Lipinski definition) is 1. The molecule has 4 aliphatic carbocycles. The maximum Gasteiger partial charge on any atom is 0.0724 e. The molecule has 0 saturated heterocycles. The summed E-state index contributed by atoms with van der Waals surface area (Å²) < 4.78 is 0. The van der Waals surface area contributed by atoms with Crippen LogP contribution in [0.15, 0.2) is 11.6 Å². The Balaban J connectivity index is 1.48. The summed E-state index contributed by atoms with van der Waals surface area (Å²) in [7, 11) is 0. The summed E-state index contributed by atoms with van der Waals surface area (Å²) in [5.74, 6) is 5.52. The van der Waals surface area contributed by atoms with Crippen LogP contribution in [0.5, 0.6) is 0 Å². The van der Waals surface area contributed by atoms with Gasteiger partial charge in [0.05, 0.1) is 6.10 Å². The first-order valence-electron chi connectivity index (χ1n) is 12.6. The van der Waals surface area contributed by atoms with Crippen LogP contribution < -0.4 is 0 Å². The van der Waals surface area contributed by atoms with Gasteiger partial charge < -0.3 is 5.11 Å². The van der Waals surface area contributed by atoms with E-state index in [4.69, 9.17) is 0 Å². The van der Waals surface area contributed by atoms with Gasteiger partial charge >= 0.3 is 0 Å². The molecule has 1 heteroatoms. The van der Waals surface area contributed by atoms with E-state index < -0.39 is 0 Å². The van der Waals surface area contributed by atoms with Gasteiger partial charge in [-0.05, 0) is 97.7 Å². The second-order valence-electron chi connectivity index (χ2n) is 12.2. The highest BCUT2D eigenvalue weighted by molar-refractivity contribution is 5.25. The van der Waals surface area contributed by atoms with E-state index in [1.807, 2.05) is 0 Å². The molecule has 28 heavy (non-hydrogen) atoms. The van der Waals surface area contributed by atoms with E-state index in [1.165, 1.54) is 64.2 Å². The minimum atomic E-state index is -0.170. The molecule has 5 unspecified atom stereocenters. The van der Waals surface area contributed by atoms with E-state index >= 15 is 0 Å². The van der Waals surface area contributed by atoms with Gasteiger partial charge in [-0.25, -0.2) is 0 Å². The summed E-state index contributed by atoms with van der Waals surface area (Å²) in [6, 6.07) is 0. The van der Waals surface area contributed by atoms with Crippen molar-refractivity contribution in [1.29, 1.82) is 0 Å². The summed E-state index contributed by atoms with van der Waals surface area (Å²) in [6.07, 6.45) is 17.1. The van der Waals surface area contributed by atoms with Gasteiger partial charge in [-0.2, -0.15) is 0 Å². The number of fused-ring (bicyclic) bond motifs is 5. The first-order chi connectivity index (χ1) is 13.3. The predicted octanol–water partition coefficient (Wildman–Crippen LogP) is 7.39. The Labute approximate surface area is 174 Å². The van der Waals surface area contributed by atoms with Crippen LogP contribution in [0.25, 0.3) is 0 Å². The lowest BCUT2D eigenvalue weighted by Crippen LogP contribution is -2.51. The molecule has 0 aromatic carbocycles. The zero-order valence-corrected chi connectivity index (χ0v) is 19.3. The van der Waals surface area contributed by atoms with Gasteiger partial charge in [0.25, 0.3) is 0 Å². The van der Waals surface area contributed by atoms with Crippen molar-refractivity contribution in [2.75, 3.05) is 0 Å². The monoisotopic (exact) mass is 386 g/mol. The zero-order chi connectivity index (χ0) is 20.1. The number of allylic oxidation sites excluding steroid dienone is 1. The molecule has 1 N–H and O–H groups in total. The third-order valence-electron chi connectivity index (χ3n) is 10.3. The predicted molar refractivity (Wildman–Crippen MR) is 119 cm³/mol. The summed E-state index contributed by atoms with van der Waals surface area (Å²) >= 11 is 0. The van der Waals surface area contributed by atoms with Crippen LogP contribution in [0, 0.1) is 46.3 Å². The average Bonchev–Trinajstić information content (AvgIpc) is 2.99. The Bertz CT molecular complexity index is 591. The van der Waals surface area contributed by atoms with Gasteiger partial charge in [0, 0.05) is 0 Å². The highest BCUT2D eigenvalue weighted by Gasteiger charge is 2.59. The molecule has 0 bridgehead atoms. The van der Waals surface area contributed by atoms with E-state index in [0.29, 0.717) is 10.8 Å². The van der Waals surface area contributed by atoms with E-state index in [1.54, 1.807) is 5.57 Å². The zero-order valence-electron chi connectivity index (χ0n) is 19.3. The lowest BCUT2D eigenvalue weighted by molar-refractivity contribution is -0.0626. The second-order valence-corrected chi connectivity index (χ2v) is 12.2. The molecule has 0 radical (unpaired) electrons. The van der Waals surface area contributed by atoms with Gasteiger partial charge in [0.1, 0.15) is 0 Å². The molecule has 0 heterocycles. The first kappa shape index (κ1) is 21.0. The Morgan fingerprint density at radius 1 is 0.964 bits per heavy atom. The fourth-order valence-corrected chi connectivity index (χ4v) is 8.73. The summed E-state index contributed by atoms with van der Waals surface area (Å²) in [4.78, 5) is 0. The van der Waals surface area contributed by atoms with Gasteiger partial charge in [0.2, 0.25) is 0 Å². The number of hydrogen-bond donors (Lipinski definition) is 1. The van der Waals surface area contributed by atoms with Gasteiger partial charge in [0.15, 0.2) is 0 Å². The minimum Gasteiger partial charge on any atom is -0.389 e. The van der Waals surface area contributed by atoms with Crippen molar-refractivity contribution in [3.8, 4) is 0 Å².